The van der Waals surface area contributed by atoms with Gasteiger partial charge in [-0.2, -0.15) is 9.61 Å². The van der Waals surface area contributed by atoms with Gasteiger partial charge in [-0.05, 0) is 25.0 Å². The largest absolute Gasteiger partial charge is 0.479 e. The summed E-state index contributed by atoms with van der Waals surface area (Å²) in [5.74, 6) is 2.42. The van der Waals surface area contributed by atoms with Crippen LogP contribution in [-0.2, 0) is 0 Å². The number of nitrogens with zero attached hydrogens (tertiary/aromatic N) is 4. The lowest BCUT2D eigenvalue weighted by atomic mass is 10.2. The summed E-state index contributed by atoms with van der Waals surface area (Å²) in [6.07, 6.45) is 2.32. The van der Waals surface area contributed by atoms with Crippen LogP contribution in [-0.4, -0.2) is 26.4 Å². The third-order valence-corrected chi connectivity index (χ3v) is 4.87. The van der Waals surface area contributed by atoms with E-state index in [-0.39, 0.29) is 6.10 Å². The maximum absolute atomic E-state index is 6.06. The van der Waals surface area contributed by atoms with Crippen molar-refractivity contribution in [2.24, 2.45) is 0 Å². The summed E-state index contributed by atoms with van der Waals surface area (Å²) in [5, 5.41) is 17.5. The fourth-order valence-corrected chi connectivity index (χ4v) is 3.50. The van der Waals surface area contributed by atoms with Gasteiger partial charge < -0.3 is 10.1 Å². The molecule has 1 aliphatic heterocycles. The second-order valence-electron chi connectivity index (χ2n) is 5.45. The van der Waals surface area contributed by atoms with Gasteiger partial charge in [0.05, 0.1) is 12.2 Å². The summed E-state index contributed by atoms with van der Waals surface area (Å²) in [4.78, 5) is 0.856. The number of rotatable bonds is 2. The zero-order valence-corrected chi connectivity index (χ0v) is 12.0. The molecule has 106 valence electrons. The Hall–Kier alpha value is -2.15. The van der Waals surface area contributed by atoms with Gasteiger partial charge in [0.15, 0.2) is 16.9 Å². The highest BCUT2D eigenvalue weighted by Crippen LogP contribution is 2.40. The van der Waals surface area contributed by atoms with Crippen LogP contribution in [0, 0.1) is 0 Å². The van der Waals surface area contributed by atoms with Crippen LogP contribution in [0.5, 0.6) is 5.75 Å². The molecule has 0 spiro atoms. The molecule has 1 saturated carbocycles. The number of aromatic nitrogens is 4. The molecule has 0 bridgehead atoms. The summed E-state index contributed by atoms with van der Waals surface area (Å²) in [6.45, 7) is 0.722. The van der Waals surface area contributed by atoms with E-state index in [1.165, 1.54) is 12.8 Å². The standard InChI is InChI=1S/C14H13N5OS/c1-2-4-10-9(3-1)15-7-11(20-10)13-18-19-12(8-5-6-8)16-17-14(19)21-13/h1-4,8,11,15H,5-7H2. The van der Waals surface area contributed by atoms with Crippen LogP contribution in [0.2, 0.25) is 0 Å². The molecule has 21 heavy (non-hydrogen) atoms. The maximum Gasteiger partial charge on any atom is 0.234 e. The Kier molecular flexibility index (Phi) is 2.29. The van der Waals surface area contributed by atoms with E-state index in [9.17, 15) is 0 Å². The molecule has 1 unspecified atom stereocenters. The van der Waals surface area contributed by atoms with Gasteiger partial charge in [-0.15, -0.1) is 10.2 Å². The molecule has 0 amide bonds. The number of ether oxygens (including phenoxy) is 1. The zero-order valence-electron chi connectivity index (χ0n) is 11.2. The Morgan fingerprint density at radius 2 is 2.14 bits per heavy atom. The number of nitrogens with one attached hydrogen (secondary N) is 1. The second-order valence-corrected chi connectivity index (χ2v) is 6.44. The number of para-hydroxylation sites is 2. The first-order chi connectivity index (χ1) is 10.4. The molecule has 1 aliphatic carbocycles. The number of hydrogen-bond donors (Lipinski definition) is 1. The van der Waals surface area contributed by atoms with Crippen molar-refractivity contribution in [2.75, 3.05) is 11.9 Å². The summed E-state index contributed by atoms with van der Waals surface area (Å²) in [6, 6.07) is 7.98. The van der Waals surface area contributed by atoms with E-state index < -0.39 is 0 Å². The van der Waals surface area contributed by atoms with Gasteiger partial charge >= 0.3 is 0 Å². The number of anilines is 1. The molecule has 1 aromatic carbocycles. The van der Waals surface area contributed by atoms with Crippen molar-refractivity contribution in [3.63, 3.8) is 0 Å². The number of fused-ring (bicyclic) bond motifs is 2. The minimum Gasteiger partial charge on any atom is -0.479 e. The highest BCUT2D eigenvalue weighted by Gasteiger charge is 2.31. The zero-order chi connectivity index (χ0) is 13.8. The number of hydrogen-bond acceptors (Lipinski definition) is 6. The smallest absolute Gasteiger partial charge is 0.234 e. The SMILES string of the molecule is c1ccc2c(c1)NCC(c1nn3c(C4CC4)nnc3s1)O2. The van der Waals surface area contributed by atoms with Crippen molar-refractivity contribution in [3.8, 4) is 5.75 Å². The summed E-state index contributed by atoms with van der Waals surface area (Å²) in [5.41, 5.74) is 1.04. The van der Waals surface area contributed by atoms with Crippen molar-refractivity contribution >= 4 is 22.0 Å². The molecule has 2 aromatic heterocycles. The van der Waals surface area contributed by atoms with Crippen LogP contribution < -0.4 is 10.1 Å². The van der Waals surface area contributed by atoms with E-state index >= 15 is 0 Å². The minimum absolute atomic E-state index is 0.0707. The molecule has 1 atom stereocenters. The van der Waals surface area contributed by atoms with Gasteiger partial charge in [-0.25, -0.2) is 0 Å². The van der Waals surface area contributed by atoms with Gasteiger partial charge in [0.1, 0.15) is 5.75 Å². The first-order valence-corrected chi connectivity index (χ1v) is 7.92. The van der Waals surface area contributed by atoms with Gasteiger partial charge in [-0.3, -0.25) is 0 Å². The second kappa shape index (κ2) is 4.17. The van der Waals surface area contributed by atoms with E-state index in [1.54, 1.807) is 11.3 Å². The Morgan fingerprint density at radius 3 is 3.05 bits per heavy atom. The average Bonchev–Trinajstić information content (AvgIpc) is 3.15. The van der Waals surface area contributed by atoms with Crippen LogP contribution in [0.25, 0.3) is 4.96 Å². The Balaban J connectivity index is 1.50. The molecule has 3 heterocycles. The third-order valence-electron chi connectivity index (χ3n) is 3.88. The molecule has 1 fully saturated rings. The van der Waals surface area contributed by atoms with Gasteiger partial charge in [0.2, 0.25) is 4.96 Å². The molecule has 3 aromatic rings. The molecule has 7 heteroatoms. The van der Waals surface area contributed by atoms with Gasteiger partial charge in [0.25, 0.3) is 0 Å². The average molecular weight is 299 g/mol. The summed E-state index contributed by atoms with van der Waals surface area (Å²) >= 11 is 1.56. The fourth-order valence-electron chi connectivity index (χ4n) is 2.62. The molecule has 2 aliphatic rings. The van der Waals surface area contributed by atoms with E-state index in [2.05, 4.69) is 20.6 Å². The summed E-state index contributed by atoms with van der Waals surface area (Å²) < 4.78 is 7.95. The molecule has 5 rings (SSSR count). The van der Waals surface area contributed by atoms with E-state index in [0.717, 1.165) is 33.8 Å². The van der Waals surface area contributed by atoms with Crippen LogP contribution in [0.4, 0.5) is 5.69 Å². The van der Waals surface area contributed by atoms with E-state index in [4.69, 9.17) is 4.74 Å². The van der Waals surface area contributed by atoms with Crippen LogP contribution in [0.1, 0.15) is 35.7 Å². The lowest BCUT2D eigenvalue weighted by molar-refractivity contribution is 0.208. The first-order valence-electron chi connectivity index (χ1n) is 7.10. The quantitative estimate of drug-likeness (QED) is 0.788. The van der Waals surface area contributed by atoms with Crippen molar-refractivity contribution < 1.29 is 4.74 Å². The molecular weight excluding hydrogens is 286 g/mol. The maximum atomic E-state index is 6.06. The lowest BCUT2D eigenvalue weighted by Crippen LogP contribution is -2.23. The predicted molar refractivity (Wildman–Crippen MR) is 78.9 cm³/mol. The van der Waals surface area contributed by atoms with E-state index in [1.807, 2.05) is 28.8 Å². The Bertz CT molecular complexity index is 822. The first kappa shape index (κ1) is 11.5. The Labute approximate surface area is 124 Å². The predicted octanol–water partition coefficient (Wildman–Crippen LogP) is 2.61. The van der Waals surface area contributed by atoms with Crippen LogP contribution in [0.15, 0.2) is 24.3 Å². The van der Waals surface area contributed by atoms with Crippen molar-refractivity contribution in [1.29, 1.82) is 0 Å². The van der Waals surface area contributed by atoms with E-state index in [0.29, 0.717) is 5.92 Å². The van der Waals surface area contributed by atoms with Gasteiger partial charge in [-0.1, -0.05) is 23.5 Å². The van der Waals surface area contributed by atoms with Gasteiger partial charge in [0, 0.05) is 5.92 Å². The molecule has 6 nitrogen and oxygen atoms in total. The van der Waals surface area contributed by atoms with Crippen LogP contribution in [0.3, 0.4) is 0 Å². The topological polar surface area (TPSA) is 64.3 Å². The normalized spacial score (nSPS) is 20.9. The third kappa shape index (κ3) is 1.80. The highest BCUT2D eigenvalue weighted by molar-refractivity contribution is 7.16. The monoisotopic (exact) mass is 299 g/mol. The molecule has 0 saturated heterocycles. The van der Waals surface area contributed by atoms with Crippen molar-refractivity contribution in [2.45, 2.75) is 24.9 Å². The van der Waals surface area contributed by atoms with Crippen molar-refractivity contribution in [1.82, 2.24) is 19.8 Å². The summed E-state index contributed by atoms with van der Waals surface area (Å²) in [7, 11) is 0. The highest BCUT2D eigenvalue weighted by atomic mass is 32.1. The Morgan fingerprint density at radius 1 is 1.24 bits per heavy atom. The minimum atomic E-state index is -0.0707. The van der Waals surface area contributed by atoms with Crippen LogP contribution >= 0.6 is 11.3 Å². The fraction of sp³-hybridized carbons (Fsp3) is 0.357. The van der Waals surface area contributed by atoms with Crippen molar-refractivity contribution in [3.05, 3.63) is 35.1 Å². The molecule has 1 N–H and O–H groups in total. The number of benzene rings is 1. The lowest BCUT2D eigenvalue weighted by Gasteiger charge is -2.25. The molecular formula is C14H13N5OS. The molecule has 0 radical (unpaired) electrons.